The summed E-state index contributed by atoms with van der Waals surface area (Å²) in [5, 5.41) is 4.23. The summed E-state index contributed by atoms with van der Waals surface area (Å²) >= 11 is 1.66. The van der Waals surface area contributed by atoms with Gasteiger partial charge in [-0.1, -0.05) is 30.3 Å². The number of hydrogen-bond acceptors (Lipinski definition) is 3. The van der Waals surface area contributed by atoms with Gasteiger partial charge in [-0.2, -0.15) is 11.3 Å². The molecule has 5 heteroatoms. The van der Waals surface area contributed by atoms with Crippen LogP contribution >= 0.6 is 11.3 Å². The molecule has 1 aromatic heterocycles. The Labute approximate surface area is 175 Å². The predicted molar refractivity (Wildman–Crippen MR) is 115 cm³/mol. The number of hydrogen-bond donors (Lipinski definition) is 0. The lowest BCUT2D eigenvalue weighted by atomic mass is 9.95. The van der Waals surface area contributed by atoms with Gasteiger partial charge in [0.25, 0.3) is 0 Å². The van der Waals surface area contributed by atoms with Crippen LogP contribution in [0.2, 0.25) is 0 Å². The lowest BCUT2D eigenvalue weighted by molar-refractivity contribution is 0.0190. The number of benzene rings is 2. The number of rotatable bonds is 5. The van der Waals surface area contributed by atoms with Crippen molar-refractivity contribution in [1.29, 1.82) is 0 Å². The van der Waals surface area contributed by atoms with Gasteiger partial charge >= 0.3 is 0 Å². The summed E-state index contributed by atoms with van der Waals surface area (Å²) in [5.74, 6) is -0.354. The van der Waals surface area contributed by atoms with Crippen molar-refractivity contribution in [3.8, 4) is 0 Å². The number of nitrogens with zero attached hydrogens (tertiary/aromatic N) is 2. The summed E-state index contributed by atoms with van der Waals surface area (Å²) in [6.07, 6.45) is 0. The fourth-order valence-electron chi connectivity index (χ4n) is 4.33. The molecular formula is C24H26F2N2S. The van der Waals surface area contributed by atoms with Crippen LogP contribution in [0, 0.1) is 11.6 Å². The van der Waals surface area contributed by atoms with E-state index in [0.717, 1.165) is 24.2 Å². The van der Waals surface area contributed by atoms with Crippen LogP contribution < -0.4 is 0 Å². The maximum atomic E-state index is 14.1. The fraction of sp³-hybridized carbons (Fsp3) is 0.333. The number of thiophene rings is 1. The fourth-order valence-corrected chi connectivity index (χ4v) is 5.01. The third kappa shape index (κ3) is 4.42. The maximum absolute atomic E-state index is 14.1. The first-order valence-corrected chi connectivity index (χ1v) is 11.0. The average Bonchev–Trinajstić information content (AvgIpc) is 3.22. The minimum Gasteiger partial charge on any atom is -0.293 e. The molecule has 3 atom stereocenters. The molecule has 4 rings (SSSR count). The summed E-state index contributed by atoms with van der Waals surface area (Å²) in [6.45, 7) is 6.68. The van der Waals surface area contributed by atoms with Crippen molar-refractivity contribution >= 4 is 11.3 Å². The minimum absolute atomic E-state index is 0.0185. The Morgan fingerprint density at radius 1 is 0.966 bits per heavy atom. The SMILES string of the molecule is C[C@@H]1CN([C@H](c2ccsc2)c2cccc(F)c2)[C@@H](C)CN1Cc1ccccc1F. The highest BCUT2D eigenvalue weighted by Crippen LogP contribution is 2.34. The van der Waals surface area contributed by atoms with Crippen molar-refractivity contribution in [3.63, 3.8) is 0 Å². The highest BCUT2D eigenvalue weighted by molar-refractivity contribution is 7.08. The number of piperazine rings is 1. The normalized spacial score (nSPS) is 21.9. The van der Waals surface area contributed by atoms with Crippen molar-refractivity contribution in [2.75, 3.05) is 13.1 Å². The van der Waals surface area contributed by atoms with Gasteiger partial charge in [-0.15, -0.1) is 0 Å². The van der Waals surface area contributed by atoms with Crippen LogP contribution in [0.15, 0.2) is 65.4 Å². The minimum atomic E-state index is -0.207. The highest BCUT2D eigenvalue weighted by Gasteiger charge is 2.35. The van der Waals surface area contributed by atoms with Crippen molar-refractivity contribution < 1.29 is 8.78 Å². The number of halogens is 2. The first kappa shape index (κ1) is 20.2. The Bertz CT molecular complexity index is 944. The third-order valence-electron chi connectivity index (χ3n) is 5.85. The molecule has 1 aliphatic heterocycles. The molecule has 1 saturated heterocycles. The summed E-state index contributed by atoms with van der Waals surface area (Å²) in [6, 6.07) is 16.6. The van der Waals surface area contributed by atoms with E-state index in [4.69, 9.17) is 0 Å². The van der Waals surface area contributed by atoms with E-state index in [1.165, 1.54) is 17.7 Å². The van der Waals surface area contributed by atoms with Gasteiger partial charge in [0.05, 0.1) is 6.04 Å². The Hall–Kier alpha value is -2.08. The van der Waals surface area contributed by atoms with Crippen LogP contribution in [-0.2, 0) is 6.54 Å². The van der Waals surface area contributed by atoms with Crippen LogP contribution in [0.1, 0.15) is 36.6 Å². The summed E-state index contributed by atoms with van der Waals surface area (Å²) in [7, 11) is 0. The largest absolute Gasteiger partial charge is 0.293 e. The molecule has 2 nitrogen and oxygen atoms in total. The quantitative estimate of drug-likeness (QED) is 0.530. The third-order valence-corrected chi connectivity index (χ3v) is 6.55. The van der Waals surface area contributed by atoms with E-state index >= 15 is 0 Å². The van der Waals surface area contributed by atoms with E-state index in [-0.39, 0.29) is 29.8 Å². The van der Waals surface area contributed by atoms with Crippen molar-refractivity contribution in [2.45, 2.75) is 38.5 Å². The van der Waals surface area contributed by atoms with E-state index in [0.29, 0.717) is 6.54 Å². The zero-order valence-electron chi connectivity index (χ0n) is 16.8. The smallest absolute Gasteiger partial charge is 0.127 e. The Kier molecular flexibility index (Phi) is 6.09. The average molecular weight is 413 g/mol. The molecule has 0 spiro atoms. The van der Waals surface area contributed by atoms with Crippen molar-refractivity contribution in [3.05, 3.63) is 93.7 Å². The molecule has 0 N–H and O–H groups in total. The van der Waals surface area contributed by atoms with Gasteiger partial charge in [0, 0.05) is 37.3 Å². The van der Waals surface area contributed by atoms with Crippen LogP contribution in [0.25, 0.3) is 0 Å². The zero-order chi connectivity index (χ0) is 20.4. The van der Waals surface area contributed by atoms with E-state index in [1.807, 2.05) is 18.2 Å². The van der Waals surface area contributed by atoms with Gasteiger partial charge in [-0.25, -0.2) is 8.78 Å². The summed E-state index contributed by atoms with van der Waals surface area (Å²) in [5.41, 5.74) is 2.91. The monoisotopic (exact) mass is 412 g/mol. The molecule has 2 heterocycles. The molecule has 29 heavy (non-hydrogen) atoms. The highest BCUT2D eigenvalue weighted by atomic mass is 32.1. The molecule has 2 aromatic carbocycles. The second-order valence-electron chi connectivity index (χ2n) is 7.93. The zero-order valence-corrected chi connectivity index (χ0v) is 17.6. The molecule has 1 fully saturated rings. The van der Waals surface area contributed by atoms with Crippen LogP contribution in [0.5, 0.6) is 0 Å². The Morgan fingerprint density at radius 3 is 2.52 bits per heavy atom. The van der Waals surface area contributed by atoms with Gasteiger partial charge in [0.15, 0.2) is 0 Å². The van der Waals surface area contributed by atoms with E-state index < -0.39 is 0 Å². The summed E-state index contributed by atoms with van der Waals surface area (Å²) < 4.78 is 28.1. The van der Waals surface area contributed by atoms with Gasteiger partial charge in [0.2, 0.25) is 0 Å². The maximum Gasteiger partial charge on any atom is 0.127 e. The molecule has 1 aliphatic rings. The lowest BCUT2D eigenvalue weighted by Gasteiger charge is -2.47. The van der Waals surface area contributed by atoms with Gasteiger partial charge in [0.1, 0.15) is 11.6 Å². The molecule has 0 radical (unpaired) electrons. The Balaban J connectivity index is 1.58. The van der Waals surface area contributed by atoms with Gasteiger partial charge < -0.3 is 0 Å². The molecular weight excluding hydrogens is 386 g/mol. The standard InChI is InChI=1S/C24H26F2N2S/c1-17-14-28(18(2)13-27(17)15-20-6-3-4-9-23(20)26)24(21-10-11-29-16-21)19-7-5-8-22(25)12-19/h3-12,16-18,24H,13-15H2,1-2H3/t17-,18+,24+/m1/s1. The van der Waals surface area contributed by atoms with E-state index in [9.17, 15) is 8.78 Å². The molecule has 0 saturated carbocycles. The Morgan fingerprint density at radius 2 is 1.79 bits per heavy atom. The van der Waals surface area contributed by atoms with E-state index in [1.54, 1.807) is 29.5 Å². The first-order valence-electron chi connectivity index (χ1n) is 10.0. The van der Waals surface area contributed by atoms with Crippen LogP contribution in [0.3, 0.4) is 0 Å². The van der Waals surface area contributed by atoms with E-state index in [2.05, 4.69) is 40.5 Å². The lowest BCUT2D eigenvalue weighted by Crippen LogP contribution is -2.56. The molecule has 0 amide bonds. The van der Waals surface area contributed by atoms with Gasteiger partial charge in [-0.05, 0) is 60.0 Å². The van der Waals surface area contributed by atoms with Gasteiger partial charge in [-0.3, -0.25) is 9.80 Å². The topological polar surface area (TPSA) is 6.48 Å². The molecule has 152 valence electrons. The molecule has 0 unspecified atom stereocenters. The molecule has 0 aliphatic carbocycles. The second kappa shape index (κ2) is 8.74. The summed E-state index contributed by atoms with van der Waals surface area (Å²) in [4.78, 5) is 4.80. The van der Waals surface area contributed by atoms with Crippen LogP contribution in [-0.4, -0.2) is 35.0 Å². The van der Waals surface area contributed by atoms with Crippen molar-refractivity contribution in [1.82, 2.24) is 9.80 Å². The van der Waals surface area contributed by atoms with Crippen LogP contribution in [0.4, 0.5) is 8.78 Å². The van der Waals surface area contributed by atoms with Crippen molar-refractivity contribution in [2.24, 2.45) is 0 Å². The second-order valence-corrected chi connectivity index (χ2v) is 8.71. The molecule has 0 bridgehead atoms. The molecule has 3 aromatic rings. The first-order chi connectivity index (χ1) is 14.0. The predicted octanol–water partition coefficient (Wildman–Crippen LogP) is 5.71.